The van der Waals surface area contributed by atoms with Crippen molar-refractivity contribution < 1.29 is 9.21 Å². The molecule has 0 aliphatic carbocycles. The summed E-state index contributed by atoms with van der Waals surface area (Å²) in [6, 6.07) is 22.3. The highest BCUT2D eigenvalue weighted by atomic mass is 16.4. The Morgan fingerprint density at radius 2 is 1.63 bits per heavy atom. The lowest BCUT2D eigenvalue weighted by Crippen LogP contribution is -2.15. The fourth-order valence-corrected chi connectivity index (χ4v) is 3.31. The quantitative estimate of drug-likeness (QED) is 0.497. The van der Waals surface area contributed by atoms with Crippen LogP contribution in [0.5, 0.6) is 0 Å². The minimum Gasteiger partial charge on any atom is -0.389 e. The van der Waals surface area contributed by atoms with Gasteiger partial charge in [0.2, 0.25) is 0 Å². The molecule has 6 nitrogen and oxygen atoms in total. The molecule has 0 spiro atoms. The van der Waals surface area contributed by atoms with Crippen LogP contribution in [-0.4, -0.2) is 10.9 Å². The zero-order valence-corrected chi connectivity index (χ0v) is 16.7. The van der Waals surface area contributed by atoms with Gasteiger partial charge in [-0.25, -0.2) is 4.79 Å². The molecule has 1 atom stereocenters. The number of carbonyl (C=O) groups is 1. The van der Waals surface area contributed by atoms with Crippen molar-refractivity contribution in [2.45, 2.75) is 19.9 Å². The van der Waals surface area contributed by atoms with Crippen LogP contribution in [0, 0.1) is 6.92 Å². The second-order valence-electron chi connectivity index (χ2n) is 7.04. The molecule has 6 heteroatoms. The van der Waals surface area contributed by atoms with E-state index in [0.717, 1.165) is 5.56 Å². The van der Waals surface area contributed by atoms with E-state index >= 15 is 0 Å². The van der Waals surface area contributed by atoms with Crippen molar-refractivity contribution in [1.29, 1.82) is 0 Å². The summed E-state index contributed by atoms with van der Waals surface area (Å²) in [4.78, 5) is 29.6. The number of aromatic nitrogens is 1. The molecule has 30 heavy (non-hydrogen) atoms. The van der Waals surface area contributed by atoms with Gasteiger partial charge in [0.05, 0.1) is 16.9 Å². The molecule has 0 radical (unpaired) electrons. The Balaban J connectivity index is 1.63. The number of anilines is 2. The standard InChI is InChI=1S/C24H21N3O3/c1-15-19(26-22(28)18-11-7-4-8-12-18)13-14-20-21(15)23(29)30-24(27-20)25-16(2)17-9-5-3-6-10-17/h3-14,16H,1-2H3,(H,25,27)(H,26,28). The third-order valence-electron chi connectivity index (χ3n) is 4.98. The maximum atomic E-state index is 12.7. The van der Waals surface area contributed by atoms with Gasteiger partial charge < -0.3 is 15.1 Å². The summed E-state index contributed by atoms with van der Waals surface area (Å²) in [5.41, 5.74) is 2.75. The second-order valence-corrected chi connectivity index (χ2v) is 7.04. The number of aryl methyl sites for hydroxylation is 1. The van der Waals surface area contributed by atoms with E-state index in [9.17, 15) is 9.59 Å². The van der Waals surface area contributed by atoms with E-state index in [0.29, 0.717) is 27.7 Å². The minimum atomic E-state index is -0.504. The van der Waals surface area contributed by atoms with Crippen molar-refractivity contribution in [3.05, 3.63) is 99.9 Å². The van der Waals surface area contributed by atoms with Crippen molar-refractivity contribution in [2.24, 2.45) is 0 Å². The van der Waals surface area contributed by atoms with Crippen LogP contribution >= 0.6 is 0 Å². The number of amides is 1. The van der Waals surface area contributed by atoms with Gasteiger partial charge in [-0.3, -0.25) is 4.79 Å². The Kier molecular flexibility index (Phi) is 5.30. The van der Waals surface area contributed by atoms with Gasteiger partial charge in [-0.2, -0.15) is 4.98 Å². The van der Waals surface area contributed by atoms with Crippen molar-refractivity contribution in [3.63, 3.8) is 0 Å². The van der Waals surface area contributed by atoms with Gasteiger partial charge in [0.15, 0.2) is 0 Å². The highest BCUT2D eigenvalue weighted by Crippen LogP contribution is 2.25. The Morgan fingerprint density at radius 3 is 2.33 bits per heavy atom. The molecule has 3 aromatic carbocycles. The lowest BCUT2D eigenvalue weighted by atomic mass is 10.1. The van der Waals surface area contributed by atoms with Crippen LogP contribution in [0.25, 0.3) is 10.9 Å². The SMILES string of the molecule is Cc1c(NC(=O)c2ccccc2)ccc2nc(NC(C)c3ccccc3)oc(=O)c12. The summed E-state index contributed by atoms with van der Waals surface area (Å²) in [6.07, 6.45) is 0. The maximum absolute atomic E-state index is 12.7. The number of nitrogens with one attached hydrogen (secondary N) is 2. The Morgan fingerprint density at radius 1 is 0.967 bits per heavy atom. The van der Waals surface area contributed by atoms with E-state index < -0.39 is 5.63 Å². The molecular weight excluding hydrogens is 378 g/mol. The monoisotopic (exact) mass is 399 g/mol. The molecule has 4 rings (SSSR count). The van der Waals surface area contributed by atoms with Crippen LogP contribution in [-0.2, 0) is 0 Å². The number of carbonyl (C=O) groups excluding carboxylic acids is 1. The first kappa shape index (κ1) is 19.4. The van der Waals surface area contributed by atoms with E-state index in [1.54, 1.807) is 43.3 Å². The van der Waals surface area contributed by atoms with Crippen molar-refractivity contribution in [3.8, 4) is 0 Å². The molecule has 4 aromatic rings. The highest BCUT2D eigenvalue weighted by molar-refractivity contribution is 6.05. The first-order valence-corrected chi connectivity index (χ1v) is 9.65. The Bertz CT molecular complexity index is 1250. The number of rotatable bonds is 5. The molecular formula is C24H21N3O3. The summed E-state index contributed by atoms with van der Waals surface area (Å²) in [7, 11) is 0. The van der Waals surface area contributed by atoms with E-state index in [2.05, 4.69) is 15.6 Å². The zero-order valence-electron chi connectivity index (χ0n) is 16.7. The molecule has 0 fully saturated rings. The average molecular weight is 399 g/mol. The van der Waals surface area contributed by atoms with Gasteiger partial charge in [-0.15, -0.1) is 0 Å². The number of hydrogen-bond donors (Lipinski definition) is 2. The molecule has 0 saturated carbocycles. The van der Waals surface area contributed by atoms with Crippen LogP contribution in [0.1, 0.15) is 34.5 Å². The summed E-state index contributed by atoms with van der Waals surface area (Å²) in [5.74, 6) is -0.245. The van der Waals surface area contributed by atoms with Crippen molar-refractivity contribution in [1.82, 2.24) is 4.98 Å². The number of benzene rings is 3. The number of fused-ring (bicyclic) bond motifs is 1. The Hall–Kier alpha value is -3.93. The largest absolute Gasteiger partial charge is 0.389 e. The topological polar surface area (TPSA) is 84.2 Å². The average Bonchev–Trinajstić information content (AvgIpc) is 2.76. The maximum Gasteiger partial charge on any atom is 0.348 e. The van der Waals surface area contributed by atoms with Crippen molar-refractivity contribution in [2.75, 3.05) is 10.6 Å². The summed E-state index contributed by atoms with van der Waals surface area (Å²) >= 11 is 0. The van der Waals surface area contributed by atoms with Crippen LogP contribution in [0.2, 0.25) is 0 Å². The molecule has 1 amide bonds. The van der Waals surface area contributed by atoms with Crippen molar-refractivity contribution >= 4 is 28.5 Å². The lowest BCUT2D eigenvalue weighted by Gasteiger charge is -2.14. The van der Waals surface area contributed by atoms with E-state index in [1.165, 1.54) is 0 Å². The summed E-state index contributed by atoms with van der Waals surface area (Å²) in [6.45, 7) is 3.73. The van der Waals surface area contributed by atoms with E-state index in [4.69, 9.17) is 4.42 Å². The van der Waals surface area contributed by atoms with Gasteiger partial charge in [-0.1, -0.05) is 48.5 Å². The second kappa shape index (κ2) is 8.21. The molecule has 0 aliphatic heterocycles. The predicted molar refractivity (Wildman–Crippen MR) is 118 cm³/mol. The third kappa shape index (κ3) is 3.93. The third-order valence-corrected chi connectivity index (χ3v) is 4.98. The van der Waals surface area contributed by atoms with Gasteiger partial charge >= 0.3 is 5.63 Å². The van der Waals surface area contributed by atoms with Crippen LogP contribution in [0.4, 0.5) is 11.7 Å². The Labute approximate surface area is 173 Å². The lowest BCUT2D eigenvalue weighted by molar-refractivity contribution is 0.102. The van der Waals surface area contributed by atoms with Gasteiger partial charge in [0.1, 0.15) is 0 Å². The minimum absolute atomic E-state index is 0.0789. The first-order valence-electron chi connectivity index (χ1n) is 9.65. The molecule has 1 heterocycles. The smallest absolute Gasteiger partial charge is 0.348 e. The van der Waals surface area contributed by atoms with Gasteiger partial charge in [-0.05, 0) is 49.2 Å². The van der Waals surface area contributed by atoms with E-state index in [1.807, 2.05) is 43.3 Å². The summed E-state index contributed by atoms with van der Waals surface area (Å²) in [5, 5.41) is 6.33. The molecule has 1 aromatic heterocycles. The molecule has 0 saturated heterocycles. The van der Waals surface area contributed by atoms with Crippen LogP contribution < -0.4 is 16.3 Å². The number of nitrogens with zero attached hydrogens (tertiary/aromatic N) is 1. The molecule has 1 unspecified atom stereocenters. The number of hydrogen-bond acceptors (Lipinski definition) is 5. The first-order chi connectivity index (χ1) is 14.5. The molecule has 0 aliphatic rings. The fourth-order valence-electron chi connectivity index (χ4n) is 3.31. The molecule has 2 N–H and O–H groups in total. The van der Waals surface area contributed by atoms with Crippen LogP contribution in [0.3, 0.4) is 0 Å². The van der Waals surface area contributed by atoms with Gasteiger partial charge in [0.25, 0.3) is 11.9 Å². The van der Waals surface area contributed by atoms with Gasteiger partial charge in [0, 0.05) is 11.3 Å². The molecule has 0 bridgehead atoms. The molecule has 150 valence electrons. The predicted octanol–water partition coefficient (Wildman–Crippen LogP) is 4.92. The highest BCUT2D eigenvalue weighted by Gasteiger charge is 2.15. The van der Waals surface area contributed by atoms with E-state index in [-0.39, 0.29) is 18.0 Å². The normalized spacial score (nSPS) is 11.8. The fraction of sp³-hybridized carbons (Fsp3) is 0.125. The van der Waals surface area contributed by atoms with Crippen LogP contribution in [0.15, 0.2) is 82.0 Å². The zero-order chi connectivity index (χ0) is 21.1. The summed E-state index contributed by atoms with van der Waals surface area (Å²) < 4.78 is 5.42.